The lowest BCUT2D eigenvalue weighted by Gasteiger charge is -2.25. The second-order valence-electron chi connectivity index (χ2n) is 5.62. The average molecular weight is 229 g/mol. The van der Waals surface area contributed by atoms with Gasteiger partial charge in [0, 0.05) is 18.8 Å². The molecule has 0 aliphatic rings. The van der Waals surface area contributed by atoms with Crippen molar-refractivity contribution in [2.45, 2.75) is 65.8 Å². The van der Waals surface area contributed by atoms with Gasteiger partial charge in [-0.2, -0.15) is 0 Å². The van der Waals surface area contributed by atoms with Gasteiger partial charge in [0.15, 0.2) is 0 Å². The van der Waals surface area contributed by atoms with Crippen LogP contribution in [0.4, 0.5) is 0 Å². The van der Waals surface area contributed by atoms with Gasteiger partial charge in [-0.05, 0) is 59.4 Å². The Balaban J connectivity index is 3.70. The summed E-state index contributed by atoms with van der Waals surface area (Å²) in [5.74, 6) is 0.810. The van der Waals surface area contributed by atoms with Gasteiger partial charge in [0.05, 0.1) is 0 Å². The Labute approximate surface area is 102 Å². The summed E-state index contributed by atoms with van der Waals surface area (Å²) < 4.78 is 5.39. The molecule has 2 heteroatoms. The Kier molecular flexibility index (Phi) is 8.96. The number of hydrogen-bond donors (Lipinski definition) is 1. The molecule has 16 heavy (non-hydrogen) atoms. The predicted molar refractivity (Wildman–Crippen MR) is 71.9 cm³/mol. The van der Waals surface area contributed by atoms with Gasteiger partial charge in [0.25, 0.3) is 0 Å². The lowest BCUT2D eigenvalue weighted by atomic mass is 9.96. The van der Waals surface area contributed by atoms with Crippen molar-refractivity contribution < 1.29 is 4.74 Å². The first kappa shape index (κ1) is 15.9. The van der Waals surface area contributed by atoms with Crippen molar-refractivity contribution in [1.82, 2.24) is 5.32 Å². The monoisotopic (exact) mass is 229 g/mol. The third kappa shape index (κ3) is 10.4. The first-order valence-corrected chi connectivity index (χ1v) is 6.82. The molecule has 2 nitrogen and oxygen atoms in total. The van der Waals surface area contributed by atoms with Gasteiger partial charge in [-0.15, -0.1) is 0 Å². The van der Waals surface area contributed by atoms with Crippen LogP contribution in [0.5, 0.6) is 0 Å². The van der Waals surface area contributed by atoms with E-state index in [0.29, 0.717) is 0 Å². The summed E-state index contributed by atoms with van der Waals surface area (Å²) in [6.07, 6.45) is 5.10. The SMILES string of the molecule is CCCC(CCCOCC)CNC(C)(C)C. The Morgan fingerprint density at radius 1 is 1.12 bits per heavy atom. The fourth-order valence-corrected chi connectivity index (χ4v) is 1.83. The van der Waals surface area contributed by atoms with E-state index in [4.69, 9.17) is 4.74 Å². The molecule has 0 aromatic rings. The first-order valence-electron chi connectivity index (χ1n) is 6.82. The van der Waals surface area contributed by atoms with Crippen molar-refractivity contribution in [3.05, 3.63) is 0 Å². The maximum atomic E-state index is 5.39. The van der Waals surface area contributed by atoms with Gasteiger partial charge in [-0.25, -0.2) is 0 Å². The molecule has 0 bridgehead atoms. The molecular formula is C14H31NO. The fourth-order valence-electron chi connectivity index (χ4n) is 1.83. The Hall–Kier alpha value is -0.0800. The fraction of sp³-hybridized carbons (Fsp3) is 1.00. The minimum Gasteiger partial charge on any atom is -0.382 e. The molecule has 0 rings (SSSR count). The summed E-state index contributed by atoms with van der Waals surface area (Å²) >= 11 is 0. The highest BCUT2D eigenvalue weighted by atomic mass is 16.5. The van der Waals surface area contributed by atoms with E-state index in [9.17, 15) is 0 Å². The lowest BCUT2D eigenvalue weighted by Crippen LogP contribution is -2.39. The van der Waals surface area contributed by atoms with E-state index in [1.165, 1.54) is 25.7 Å². The lowest BCUT2D eigenvalue weighted by molar-refractivity contribution is 0.138. The van der Waals surface area contributed by atoms with Crippen molar-refractivity contribution in [2.75, 3.05) is 19.8 Å². The molecule has 0 saturated carbocycles. The molecule has 98 valence electrons. The van der Waals surface area contributed by atoms with Crippen molar-refractivity contribution in [3.8, 4) is 0 Å². The average Bonchev–Trinajstić information content (AvgIpc) is 2.19. The first-order chi connectivity index (χ1) is 7.49. The summed E-state index contributed by atoms with van der Waals surface area (Å²) in [5.41, 5.74) is 0.242. The maximum absolute atomic E-state index is 5.39. The molecule has 0 aliphatic carbocycles. The van der Waals surface area contributed by atoms with Crippen molar-refractivity contribution in [2.24, 2.45) is 5.92 Å². The standard InChI is InChI=1S/C14H31NO/c1-6-9-13(10-8-11-16-7-2)12-15-14(3,4)5/h13,15H,6-12H2,1-5H3. The van der Waals surface area contributed by atoms with E-state index >= 15 is 0 Å². The second-order valence-corrected chi connectivity index (χ2v) is 5.62. The zero-order valence-electron chi connectivity index (χ0n) is 11.9. The van der Waals surface area contributed by atoms with Crippen molar-refractivity contribution >= 4 is 0 Å². The number of rotatable bonds is 9. The van der Waals surface area contributed by atoms with Crippen molar-refractivity contribution in [1.29, 1.82) is 0 Å². The highest BCUT2D eigenvalue weighted by Crippen LogP contribution is 2.14. The molecule has 0 aromatic heterocycles. The molecule has 0 heterocycles. The minimum absolute atomic E-state index is 0.242. The summed E-state index contributed by atoms with van der Waals surface area (Å²) in [4.78, 5) is 0. The van der Waals surface area contributed by atoms with Crippen LogP contribution in [0, 0.1) is 5.92 Å². The number of ether oxygens (including phenoxy) is 1. The van der Waals surface area contributed by atoms with Crippen LogP contribution in [0.2, 0.25) is 0 Å². The summed E-state index contributed by atoms with van der Waals surface area (Å²) in [5, 5.41) is 3.61. The highest BCUT2D eigenvalue weighted by molar-refractivity contribution is 4.73. The molecule has 0 aromatic carbocycles. The molecule has 1 N–H and O–H groups in total. The van der Waals surface area contributed by atoms with E-state index in [2.05, 4.69) is 39.9 Å². The molecule has 1 atom stereocenters. The van der Waals surface area contributed by atoms with Gasteiger partial charge in [0.1, 0.15) is 0 Å². The van der Waals surface area contributed by atoms with E-state index in [0.717, 1.165) is 25.7 Å². The smallest absolute Gasteiger partial charge is 0.0466 e. The molecule has 0 amide bonds. The van der Waals surface area contributed by atoms with Gasteiger partial charge in [-0.1, -0.05) is 13.3 Å². The molecule has 0 spiro atoms. The number of nitrogens with one attached hydrogen (secondary N) is 1. The molecule has 0 saturated heterocycles. The van der Waals surface area contributed by atoms with Gasteiger partial charge in [-0.3, -0.25) is 0 Å². The van der Waals surface area contributed by atoms with E-state index in [1.807, 2.05) is 0 Å². The molecule has 0 radical (unpaired) electrons. The topological polar surface area (TPSA) is 21.3 Å². The third-order valence-corrected chi connectivity index (χ3v) is 2.72. The summed E-state index contributed by atoms with van der Waals surface area (Å²) in [6, 6.07) is 0. The largest absolute Gasteiger partial charge is 0.382 e. The Morgan fingerprint density at radius 2 is 1.81 bits per heavy atom. The van der Waals surface area contributed by atoms with E-state index < -0.39 is 0 Å². The van der Waals surface area contributed by atoms with Crippen LogP contribution in [0.25, 0.3) is 0 Å². The van der Waals surface area contributed by atoms with Crippen LogP contribution >= 0.6 is 0 Å². The highest BCUT2D eigenvalue weighted by Gasteiger charge is 2.13. The van der Waals surface area contributed by atoms with Crippen LogP contribution in [0.15, 0.2) is 0 Å². The zero-order valence-corrected chi connectivity index (χ0v) is 11.9. The number of hydrogen-bond acceptors (Lipinski definition) is 2. The second kappa shape index (κ2) is 9.00. The minimum atomic E-state index is 0.242. The summed E-state index contributed by atoms with van der Waals surface area (Å²) in [7, 11) is 0. The van der Waals surface area contributed by atoms with Crippen LogP contribution in [-0.2, 0) is 4.74 Å². The Morgan fingerprint density at radius 3 is 2.31 bits per heavy atom. The molecule has 1 unspecified atom stereocenters. The van der Waals surface area contributed by atoms with Gasteiger partial charge in [0.2, 0.25) is 0 Å². The quantitative estimate of drug-likeness (QED) is 0.610. The molecule has 0 aliphatic heterocycles. The van der Waals surface area contributed by atoms with Crippen LogP contribution in [0.1, 0.15) is 60.3 Å². The van der Waals surface area contributed by atoms with Gasteiger partial charge >= 0.3 is 0 Å². The zero-order chi connectivity index (χ0) is 12.4. The van der Waals surface area contributed by atoms with E-state index in [-0.39, 0.29) is 5.54 Å². The predicted octanol–water partition coefficient (Wildman–Crippen LogP) is 3.61. The van der Waals surface area contributed by atoms with Crippen LogP contribution in [-0.4, -0.2) is 25.3 Å². The van der Waals surface area contributed by atoms with Crippen LogP contribution < -0.4 is 5.32 Å². The van der Waals surface area contributed by atoms with Crippen molar-refractivity contribution in [3.63, 3.8) is 0 Å². The summed E-state index contributed by atoms with van der Waals surface area (Å²) in [6.45, 7) is 13.9. The van der Waals surface area contributed by atoms with Gasteiger partial charge < -0.3 is 10.1 Å². The van der Waals surface area contributed by atoms with E-state index in [1.54, 1.807) is 0 Å². The Bertz CT molecular complexity index is 151. The normalized spacial score (nSPS) is 14.1. The molecule has 0 fully saturated rings. The van der Waals surface area contributed by atoms with Crippen LogP contribution in [0.3, 0.4) is 0 Å². The maximum Gasteiger partial charge on any atom is 0.0466 e. The molecular weight excluding hydrogens is 198 g/mol. The third-order valence-electron chi connectivity index (χ3n) is 2.72.